The van der Waals surface area contributed by atoms with Crippen LogP contribution in [0.5, 0.6) is 0 Å². The summed E-state index contributed by atoms with van der Waals surface area (Å²) in [7, 11) is 0. The third-order valence-corrected chi connectivity index (χ3v) is 2.00. The van der Waals surface area contributed by atoms with Crippen LogP contribution in [0.25, 0.3) is 0 Å². The second kappa shape index (κ2) is 3.51. The fourth-order valence-corrected chi connectivity index (χ4v) is 1.24. The van der Waals surface area contributed by atoms with E-state index in [-0.39, 0.29) is 5.57 Å². The monoisotopic (exact) mass is 243 g/mol. The Morgan fingerprint density at radius 3 is 2.43 bits per heavy atom. The molecule has 0 radical (unpaired) electrons. The fraction of sp³-hybridized carbons (Fsp3) is 0.250. The number of dihydropyridines is 1. The van der Waals surface area contributed by atoms with Gasteiger partial charge in [0.2, 0.25) is 4.46 Å². The van der Waals surface area contributed by atoms with E-state index >= 15 is 0 Å². The van der Waals surface area contributed by atoms with Gasteiger partial charge in [0.25, 0.3) is 0 Å². The van der Waals surface area contributed by atoms with Gasteiger partial charge in [-0.3, -0.25) is 0 Å². The lowest BCUT2D eigenvalue weighted by Crippen LogP contribution is -2.30. The van der Waals surface area contributed by atoms with Crippen molar-refractivity contribution in [3.05, 3.63) is 36.1 Å². The van der Waals surface area contributed by atoms with Gasteiger partial charge in [0, 0.05) is 0 Å². The number of alkyl halides is 5. The molecule has 0 unspecified atom stereocenters. The topological polar surface area (TPSA) is 12.0 Å². The molecular formula is C8H6Cl2F3N. The predicted octanol–water partition coefficient (Wildman–Crippen LogP) is 3.28. The molecule has 14 heavy (non-hydrogen) atoms. The van der Waals surface area contributed by atoms with Crippen LogP contribution in [0.2, 0.25) is 0 Å². The summed E-state index contributed by atoms with van der Waals surface area (Å²) in [5.41, 5.74) is -1.11. The quantitative estimate of drug-likeness (QED) is 0.551. The Balaban J connectivity index is 2.95. The third-order valence-electron chi connectivity index (χ3n) is 1.57. The molecular weight excluding hydrogens is 238 g/mol. The number of nitrogens with one attached hydrogen (secondary N) is 1. The Hall–Kier alpha value is -0.610. The molecule has 0 bridgehead atoms. The second-order valence-electron chi connectivity index (χ2n) is 2.68. The van der Waals surface area contributed by atoms with E-state index in [0.29, 0.717) is 0 Å². The predicted molar refractivity (Wildman–Crippen MR) is 50.0 cm³/mol. The van der Waals surface area contributed by atoms with Crippen molar-refractivity contribution in [2.75, 3.05) is 0 Å². The zero-order valence-electron chi connectivity index (χ0n) is 6.83. The Morgan fingerprint density at radius 1 is 1.43 bits per heavy atom. The van der Waals surface area contributed by atoms with Gasteiger partial charge in [-0.1, -0.05) is 29.8 Å². The number of allylic oxidation sites excluding steroid dienone is 3. The first-order valence-corrected chi connectivity index (χ1v) is 4.29. The average molecular weight is 244 g/mol. The molecule has 0 amide bonds. The summed E-state index contributed by atoms with van der Waals surface area (Å²) in [6.45, 7) is 2.93. The molecule has 1 N–H and O–H groups in total. The van der Waals surface area contributed by atoms with Gasteiger partial charge in [-0.25, -0.2) is 0 Å². The van der Waals surface area contributed by atoms with Crippen LogP contribution < -0.4 is 5.32 Å². The standard InChI is InChI=1S/C8H6Cl2F3N/c1-5(8(11,12)13)6-2-3-14-7(9,10)4-6/h2-4,14H,1H2. The maximum absolute atomic E-state index is 12.2. The molecule has 0 aromatic carbocycles. The van der Waals surface area contributed by atoms with Crippen LogP contribution in [0, 0.1) is 0 Å². The highest BCUT2D eigenvalue weighted by Crippen LogP contribution is 2.34. The minimum absolute atomic E-state index is 0.138. The zero-order chi connectivity index (χ0) is 11.0. The minimum Gasteiger partial charge on any atom is -0.357 e. The summed E-state index contributed by atoms with van der Waals surface area (Å²) in [6, 6.07) is 0. The van der Waals surface area contributed by atoms with Crippen molar-refractivity contribution in [1.82, 2.24) is 5.32 Å². The van der Waals surface area contributed by atoms with Gasteiger partial charge in [-0.15, -0.1) is 0 Å². The molecule has 78 valence electrons. The first-order chi connectivity index (χ1) is 6.22. The number of rotatable bonds is 1. The second-order valence-corrected chi connectivity index (χ2v) is 4.06. The molecule has 0 aliphatic carbocycles. The summed E-state index contributed by atoms with van der Waals surface area (Å²) in [5, 5.41) is 2.46. The van der Waals surface area contributed by atoms with Crippen LogP contribution >= 0.6 is 23.2 Å². The van der Waals surface area contributed by atoms with Gasteiger partial charge in [0.1, 0.15) is 0 Å². The van der Waals surface area contributed by atoms with Crippen molar-refractivity contribution >= 4 is 23.2 Å². The summed E-state index contributed by atoms with van der Waals surface area (Å²) >= 11 is 11.2. The Kier molecular flexibility index (Phi) is 2.88. The van der Waals surface area contributed by atoms with E-state index in [1.165, 1.54) is 12.3 Å². The van der Waals surface area contributed by atoms with E-state index in [2.05, 4.69) is 11.9 Å². The lowest BCUT2D eigenvalue weighted by Gasteiger charge is -2.22. The first-order valence-electron chi connectivity index (χ1n) is 3.54. The lowest BCUT2D eigenvalue weighted by atomic mass is 10.1. The van der Waals surface area contributed by atoms with Crippen LogP contribution in [0.3, 0.4) is 0 Å². The van der Waals surface area contributed by atoms with Crippen molar-refractivity contribution in [2.24, 2.45) is 0 Å². The Bertz CT molecular complexity index is 315. The van der Waals surface area contributed by atoms with E-state index in [1.54, 1.807) is 0 Å². The Labute approximate surface area is 88.9 Å². The van der Waals surface area contributed by atoms with Crippen LogP contribution in [0.15, 0.2) is 36.1 Å². The summed E-state index contributed by atoms with van der Waals surface area (Å²) in [4.78, 5) is 0. The third kappa shape index (κ3) is 2.69. The van der Waals surface area contributed by atoms with Gasteiger partial charge in [-0.2, -0.15) is 13.2 Å². The zero-order valence-corrected chi connectivity index (χ0v) is 8.34. The highest BCUT2D eigenvalue weighted by atomic mass is 35.5. The number of halogens is 5. The highest BCUT2D eigenvalue weighted by Gasteiger charge is 2.35. The highest BCUT2D eigenvalue weighted by molar-refractivity contribution is 6.49. The molecule has 0 atom stereocenters. The van der Waals surface area contributed by atoms with E-state index in [4.69, 9.17) is 23.2 Å². The van der Waals surface area contributed by atoms with E-state index in [1.807, 2.05) is 0 Å². The molecule has 0 spiro atoms. The van der Waals surface area contributed by atoms with Gasteiger partial charge in [0.15, 0.2) is 0 Å². The van der Waals surface area contributed by atoms with Crippen LogP contribution in [-0.2, 0) is 0 Å². The molecule has 0 aromatic rings. The van der Waals surface area contributed by atoms with Gasteiger partial charge < -0.3 is 5.32 Å². The molecule has 1 nitrogen and oxygen atoms in total. The van der Waals surface area contributed by atoms with Crippen molar-refractivity contribution in [3.8, 4) is 0 Å². The SMILES string of the molecule is C=C(C1=CC(Cl)(Cl)NC=C1)C(F)(F)F. The van der Waals surface area contributed by atoms with Crippen molar-refractivity contribution in [1.29, 1.82) is 0 Å². The van der Waals surface area contributed by atoms with Crippen molar-refractivity contribution in [3.63, 3.8) is 0 Å². The maximum Gasteiger partial charge on any atom is 0.416 e. The van der Waals surface area contributed by atoms with E-state index in [0.717, 1.165) is 6.08 Å². The van der Waals surface area contributed by atoms with Crippen LogP contribution in [-0.4, -0.2) is 10.6 Å². The molecule has 1 heterocycles. The molecule has 0 fully saturated rings. The number of hydrogen-bond donors (Lipinski definition) is 1. The normalized spacial score (nSPS) is 19.9. The summed E-state index contributed by atoms with van der Waals surface area (Å²) in [5.74, 6) is 0. The largest absolute Gasteiger partial charge is 0.416 e. The summed E-state index contributed by atoms with van der Waals surface area (Å²) < 4.78 is 35.1. The molecule has 0 aromatic heterocycles. The lowest BCUT2D eigenvalue weighted by molar-refractivity contribution is -0.0886. The number of hydrogen-bond acceptors (Lipinski definition) is 1. The molecule has 1 aliphatic heterocycles. The van der Waals surface area contributed by atoms with Crippen molar-refractivity contribution < 1.29 is 13.2 Å². The van der Waals surface area contributed by atoms with Crippen molar-refractivity contribution in [2.45, 2.75) is 10.6 Å². The molecule has 0 saturated heterocycles. The van der Waals surface area contributed by atoms with Gasteiger partial charge >= 0.3 is 6.18 Å². The molecule has 6 heteroatoms. The molecule has 1 aliphatic rings. The van der Waals surface area contributed by atoms with E-state index in [9.17, 15) is 13.2 Å². The smallest absolute Gasteiger partial charge is 0.357 e. The summed E-state index contributed by atoms with van der Waals surface area (Å²) in [6.07, 6.45) is -0.978. The Morgan fingerprint density at radius 2 is 2.00 bits per heavy atom. The van der Waals surface area contributed by atoms with Gasteiger partial charge in [0.05, 0.1) is 5.57 Å². The van der Waals surface area contributed by atoms with Gasteiger partial charge in [-0.05, 0) is 23.9 Å². The fourth-order valence-electron chi connectivity index (χ4n) is 0.879. The van der Waals surface area contributed by atoms with Crippen LogP contribution in [0.4, 0.5) is 13.2 Å². The van der Waals surface area contributed by atoms with E-state index < -0.39 is 16.2 Å². The first kappa shape index (κ1) is 11.5. The maximum atomic E-state index is 12.2. The van der Waals surface area contributed by atoms with Crippen LogP contribution in [0.1, 0.15) is 0 Å². The molecule has 1 rings (SSSR count). The molecule has 0 saturated carbocycles. The minimum atomic E-state index is -4.47. The average Bonchev–Trinajstić information content (AvgIpc) is 1.99.